The van der Waals surface area contributed by atoms with Crippen LogP contribution in [0.25, 0.3) is 5.65 Å². The molecule has 0 unspecified atom stereocenters. The number of rotatable bonds is 1. The third-order valence-electron chi connectivity index (χ3n) is 2.82. The minimum atomic E-state index is 0.750. The van der Waals surface area contributed by atoms with Crippen molar-refractivity contribution < 1.29 is 4.74 Å². The average molecular weight is 297 g/mol. The molecule has 0 atom stereocenters. The van der Waals surface area contributed by atoms with Crippen LogP contribution in [0.15, 0.2) is 17.0 Å². The summed E-state index contributed by atoms with van der Waals surface area (Å²) in [6.07, 6.45) is 3.94. The lowest BCUT2D eigenvalue weighted by atomic mass is 10.4. The highest BCUT2D eigenvalue weighted by molar-refractivity contribution is 9.10. The van der Waals surface area contributed by atoms with Crippen LogP contribution < -0.4 is 4.90 Å². The predicted molar refractivity (Wildman–Crippen MR) is 68.5 cm³/mol. The van der Waals surface area contributed by atoms with Crippen LogP contribution in [0.2, 0.25) is 0 Å². The Labute approximate surface area is 108 Å². The van der Waals surface area contributed by atoms with E-state index in [1.807, 2.05) is 23.7 Å². The van der Waals surface area contributed by atoms with E-state index in [0.29, 0.717) is 0 Å². The Morgan fingerprint density at radius 1 is 1.24 bits per heavy atom. The van der Waals surface area contributed by atoms with Gasteiger partial charge in [0.25, 0.3) is 0 Å². The SMILES string of the molecule is Cc1cn2cc(Br)nc(N3CCOCC3)c2n1. The highest BCUT2D eigenvalue weighted by Crippen LogP contribution is 2.22. The van der Waals surface area contributed by atoms with E-state index in [1.165, 1.54) is 0 Å². The van der Waals surface area contributed by atoms with E-state index in [0.717, 1.165) is 48.1 Å². The van der Waals surface area contributed by atoms with Crippen LogP contribution in [-0.4, -0.2) is 40.7 Å². The molecular formula is C11H13BrN4O. The first-order valence-electron chi connectivity index (χ1n) is 5.58. The molecule has 1 aliphatic rings. The van der Waals surface area contributed by atoms with E-state index in [-0.39, 0.29) is 0 Å². The first kappa shape index (κ1) is 11.0. The summed E-state index contributed by atoms with van der Waals surface area (Å²) < 4.78 is 8.19. The molecule has 90 valence electrons. The van der Waals surface area contributed by atoms with E-state index in [9.17, 15) is 0 Å². The minimum Gasteiger partial charge on any atom is -0.378 e. The molecule has 3 rings (SSSR count). The van der Waals surface area contributed by atoms with Gasteiger partial charge in [0.15, 0.2) is 11.5 Å². The Kier molecular flexibility index (Phi) is 2.76. The van der Waals surface area contributed by atoms with Gasteiger partial charge in [-0.1, -0.05) is 0 Å². The molecule has 0 radical (unpaired) electrons. The van der Waals surface area contributed by atoms with E-state index < -0.39 is 0 Å². The zero-order chi connectivity index (χ0) is 11.8. The second kappa shape index (κ2) is 4.27. The van der Waals surface area contributed by atoms with E-state index in [4.69, 9.17) is 4.74 Å². The Hall–Kier alpha value is -1.14. The topological polar surface area (TPSA) is 42.7 Å². The smallest absolute Gasteiger partial charge is 0.180 e. The lowest BCUT2D eigenvalue weighted by molar-refractivity contribution is 0.122. The molecule has 0 bridgehead atoms. The van der Waals surface area contributed by atoms with Gasteiger partial charge in [-0.2, -0.15) is 0 Å². The van der Waals surface area contributed by atoms with Crippen LogP contribution in [0.4, 0.5) is 5.82 Å². The van der Waals surface area contributed by atoms with Gasteiger partial charge in [-0.15, -0.1) is 0 Å². The number of ether oxygens (including phenoxy) is 1. The van der Waals surface area contributed by atoms with Crippen molar-refractivity contribution in [2.45, 2.75) is 6.92 Å². The van der Waals surface area contributed by atoms with Crippen LogP contribution >= 0.6 is 15.9 Å². The van der Waals surface area contributed by atoms with E-state index in [1.54, 1.807) is 0 Å². The molecule has 0 aromatic carbocycles. The summed E-state index contributed by atoms with van der Waals surface area (Å²) in [5.41, 5.74) is 1.91. The van der Waals surface area contributed by atoms with Gasteiger partial charge in [0.2, 0.25) is 0 Å². The van der Waals surface area contributed by atoms with Crippen LogP contribution in [0.1, 0.15) is 5.69 Å². The number of anilines is 1. The number of imidazole rings is 1. The fourth-order valence-corrected chi connectivity index (χ4v) is 2.45. The highest BCUT2D eigenvalue weighted by Gasteiger charge is 2.17. The van der Waals surface area contributed by atoms with Crippen molar-refractivity contribution >= 4 is 27.4 Å². The van der Waals surface area contributed by atoms with Gasteiger partial charge < -0.3 is 14.0 Å². The van der Waals surface area contributed by atoms with Gasteiger partial charge in [0.1, 0.15) is 4.60 Å². The maximum Gasteiger partial charge on any atom is 0.180 e. The molecule has 1 saturated heterocycles. The molecule has 1 aliphatic heterocycles. The second-order valence-electron chi connectivity index (χ2n) is 4.10. The third kappa shape index (κ3) is 2.02. The zero-order valence-corrected chi connectivity index (χ0v) is 11.1. The van der Waals surface area contributed by atoms with Crippen molar-refractivity contribution in [1.82, 2.24) is 14.4 Å². The summed E-state index contributed by atoms with van der Waals surface area (Å²) in [5.74, 6) is 0.927. The summed E-state index contributed by atoms with van der Waals surface area (Å²) in [6, 6.07) is 0. The van der Waals surface area contributed by atoms with Crippen molar-refractivity contribution in [2.24, 2.45) is 0 Å². The largest absolute Gasteiger partial charge is 0.378 e. The van der Waals surface area contributed by atoms with Gasteiger partial charge in [-0.05, 0) is 22.9 Å². The number of nitrogens with zero attached hydrogens (tertiary/aromatic N) is 4. The first-order valence-corrected chi connectivity index (χ1v) is 6.38. The predicted octanol–water partition coefficient (Wildman–Crippen LogP) is 1.64. The van der Waals surface area contributed by atoms with Crippen molar-refractivity contribution in [3.05, 3.63) is 22.7 Å². The first-order chi connectivity index (χ1) is 8.24. The van der Waals surface area contributed by atoms with Crippen LogP contribution in [-0.2, 0) is 4.74 Å². The molecule has 0 N–H and O–H groups in total. The number of aryl methyl sites for hydroxylation is 1. The van der Waals surface area contributed by atoms with Gasteiger partial charge in [0, 0.05) is 25.5 Å². The van der Waals surface area contributed by atoms with E-state index >= 15 is 0 Å². The summed E-state index contributed by atoms with van der Waals surface area (Å²) >= 11 is 3.44. The fourth-order valence-electron chi connectivity index (χ4n) is 2.06. The molecule has 1 fully saturated rings. The molecule has 17 heavy (non-hydrogen) atoms. The summed E-state index contributed by atoms with van der Waals surface area (Å²) in [6.45, 7) is 5.22. The van der Waals surface area contributed by atoms with Gasteiger partial charge in [0.05, 0.1) is 18.9 Å². The molecule has 6 heteroatoms. The van der Waals surface area contributed by atoms with E-state index in [2.05, 4.69) is 30.8 Å². The molecule has 2 aromatic rings. The lowest BCUT2D eigenvalue weighted by Gasteiger charge is -2.27. The average Bonchev–Trinajstić information content (AvgIpc) is 2.69. The Morgan fingerprint density at radius 2 is 2.00 bits per heavy atom. The molecule has 5 nitrogen and oxygen atoms in total. The molecule has 0 spiro atoms. The lowest BCUT2D eigenvalue weighted by Crippen LogP contribution is -2.37. The van der Waals surface area contributed by atoms with Crippen molar-refractivity contribution in [3.8, 4) is 0 Å². The van der Waals surface area contributed by atoms with Crippen molar-refractivity contribution in [2.75, 3.05) is 31.2 Å². The standard InChI is InChI=1S/C11H13BrN4O/c1-8-6-16-7-9(12)14-11(10(16)13-8)15-2-4-17-5-3-15/h6-7H,2-5H2,1H3. The van der Waals surface area contributed by atoms with Crippen LogP contribution in [0, 0.1) is 6.92 Å². The molecule has 0 amide bonds. The Balaban J connectivity index is 2.12. The minimum absolute atomic E-state index is 0.750. The van der Waals surface area contributed by atoms with Gasteiger partial charge in [-0.25, -0.2) is 9.97 Å². The summed E-state index contributed by atoms with van der Waals surface area (Å²) in [5, 5.41) is 0. The highest BCUT2D eigenvalue weighted by atomic mass is 79.9. The van der Waals surface area contributed by atoms with Crippen molar-refractivity contribution in [3.63, 3.8) is 0 Å². The van der Waals surface area contributed by atoms with Crippen LogP contribution in [0.3, 0.4) is 0 Å². The number of fused-ring (bicyclic) bond motifs is 1. The Morgan fingerprint density at radius 3 is 2.76 bits per heavy atom. The molecule has 3 heterocycles. The number of morpholine rings is 1. The summed E-state index contributed by atoms with van der Waals surface area (Å²) in [4.78, 5) is 11.3. The maximum absolute atomic E-state index is 5.36. The number of aromatic nitrogens is 3. The molecular weight excluding hydrogens is 284 g/mol. The number of halogens is 1. The maximum atomic E-state index is 5.36. The van der Waals surface area contributed by atoms with Gasteiger partial charge in [-0.3, -0.25) is 0 Å². The molecule has 2 aromatic heterocycles. The van der Waals surface area contributed by atoms with Crippen molar-refractivity contribution in [1.29, 1.82) is 0 Å². The second-order valence-corrected chi connectivity index (χ2v) is 4.91. The van der Waals surface area contributed by atoms with Gasteiger partial charge >= 0.3 is 0 Å². The molecule has 0 aliphatic carbocycles. The Bertz CT molecular complexity index is 548. The third-order valence-corrected chi connectivity index (χ3v) is 3.20. The quantitative estimate of drug-likeness (QED) is 0.802. The zero-order valence-electron chi connectivity index (χ0n) is 9.56. The normalized spacial score (nSPS) is 16.7. The number of hydrogen-bond acceptors (Lipinski definition) is 4. The number of hydrogen-bond donors (Lipinski definition) is 0. The van der Waals surface area contributed by atoms with Crippen LogP contribution in [0.5, 0.6) is 0 Å². The summed E-state index contributed by atoms with van der Waals surface area (Å²) in [7, 11) is 0. The fraction of sp³-hybridized carbons (Fsp3) is 0.455. The monoisotopic (exact) mass is 296 g/mol. The molecule has 0 saturated carbocycles.